The fraction of sp³-hybridized carbons (Fsp3) is 0.120. The van der Waals surface area contributed by atoms with Gasteiger partial charge in [-0.15, -0.1) is 0 Å². The summed E-state index contributed by atoms with van der Waals surface area (Å²) in [6.07, 6.45) is -0.0878. The molecule has 0 spiro atoms. The van der Waals surface area contributed by atoms with Crippen molar-refractivity contribution < 1.29 is 28.3 Å². The minimum Gasteiger partial charge on any atom is -0.454 e. The van der Waals surface area contributed by atoms with E-state index in [0.29, 0.717) is 11.4 Å². The summed E-state index contributed by atoms with van der Waals surface area (Å²) in [7, 11) is 0. The van der Waals surface area contributed by atoms with E-state index in [9.17, 15) is 23.6 Å². The third-order valence-corrected chi connectivity index (χ3v) is 5.13. The number of anilines is 3. The standard InChI is InChI=1S/C25H20FN3O5/c26-17-9-5-15(6-10-17)22(30)14-34-25(33)16-7-11-18(12-8-16)27-23(31)13-21-24(32)29-20-4-2-1-3-19(20)28-21/h1-12,21,28H,13-14H2,(H,27,31)(H,29,32). The van der Waals surface area contributed by atoms with Gasteiger partial charge in [-0.3, -0.25) is 14.4 Å². The summed E-state index contributed by atoms with van der Waals surface area (Å²) < 4.78 is 18.0. The number of hydrogen-bond acceptors (Lipinski definition) is 6. The maximum Gasteiger partial charge on any atom is 0.338 e. The molecule has 0 saturated heterocycles. The lowest BCUT2D eigenvalue weighted by molar-refractivity contribution is -0.122. The molecule has 1 unspecified atom stereocenters. The predicted octanol–water partition coefficient (Wildman–Crippen LogP) is 3.63. The van der Waals surface area contributed by atoms with E-state index in [1.165, 1.54) is 36.4 Å². The fourth-order valence-corrected chi connectivity index (χ4v) is 3.36. The molecule has 2 amide bonds. The molecule has 3 N–H and O–H groups in total. The number of esters is 1. The number of hydrogen-bond donors (Lipinski definition) is 3. The van der Waals surface area contributed by atoms with Crippen molar-refractivity contribution in [1.29, 1.82) is 0 Å². The largest absolute Gasteiger partial charge is 0.454 e. The Kier molecular flexibility index (Phi) is 6.63. The molecular weight excluding hydrogens is 441 g/mol. The number of halogens is 1. The molecule has 3 aromatic rings. The Labute approximate surface area is 194 Å². The Hall–Kier alpha value is -4.53. The number of ether oxygens (including phenoxy) is 1. The predicted molar refractivity (Wildman–Crippen MR) is 123 cm³/mol. The second kappa shape index (κ2) is 9.95. The normalized spacial score (nSPS) is 14.3. The van der Waals surface area contributed by atoms with Crippen LogP contribution >= 0.6 is 0 Å². The lowest BCUT2D eigenvalue weighted by Gasteiger charge is -2.26. The summed E-state index contributed by atoms with van der Waals surface area (Å²) in [5.41, 5.74) is 2.25. The number of carbonyl (C=O) groups excluding carboxylic acids is 4. The maximum atomic E-state index is 12.9. The van der Waals surface area contributed by atoms with Crippen LogP contribution in [0.15, 0.2) is 72.8 Å². The Morgan fingerprint density at radius 2 is 1.53 bits per heavy atom. The number of Topliss-reactive ketones (excluding diaryl/α,β-unsaturated/α-hetero) is 1. The number of rotatable bonds is 7. The van der Waals surface area contributed by atoms with Crippen LogP contribution in [0.3, 0.4) is 0 Å². The zero-order chi connectivity index (χ0) is 24.1. The van der Waals surface area contributed by atoms with Gasteiger partial charge in [0.15, 0.2) is 12.4 Å². The van der Waals surface area contributed by atoms with Crippen LogP contribution in [0.4, 0.5) is 21.5 Å². The van der Waals surface area contributed by atoms with Gasteiger partial charge < -0.3 is 20.7 Å². The molecule has 1 aliphatic rings. The van der Waals surface area contributed by atoms with Crippen LogP contribution in [-0.2, 0) is 14.3 Å². The summed E-state index contributed by atoms with van der Waals surface area (Å²) in [6.45, 7) is -0.484. The van der Waals surface area contributed by atoms with E-state index in [1.54, 1.807) is 12.1 Å². The molecular formula is C25H20FN3O5. The van der Waals surface area contributed by atoms with Crippen LogP contribution in [0.5, 0.6) is 0 Å². The highest BCUT2D eigenvalue weighted by atomic mass is 19.1. The lowest BCUT2D eigenvalue weighted by atomic mass is 10.1. The summed E-state index contributed by atoms with van der Waals surface area (Å²) in [4.78, 5) is 48.9. The third kappa shape index (κ3) is 5.44. The highest BCUT2D eigenvalue weighted by Crippen LogP contribution is 2.26. The summed E-state index contributed by atoms with van der Waals surface area (Å²) >= 11 is 0. The maximum absolute atomic E-state index is 12.9. The monoisotopic (exact) mass is 461 g/mol. The van der Waals surface area contributed by atoms with Crippen molar-refractivity contribution >= 4 is 40.6 Å². The highest BCUT2D eigenvalue weighted by Gasteiger charge is 2.27. The molecule has 4 rings (SSSR count). The van der Waals surface area contributed by atoms with Gasteiger partial charge in [0.2, 0.25) is 11.8 Å². The van der Waals surface area contributed by atoms with E-state index < -0.39 is 30.2 Å². The molecule has 0 aliphatic carbocycles. The van der Waals surface area contributed by atoms with Crippen molar-refractivity contribution in [3.63, 3.8) is 0 Å². The SMILES string of the molecule is O=C(CC1Nc2ccccc2NC1=O)Nc1ccc(C(=O)OCC(=O)c2ccc(F)cc2)cc1. The van der Waals surface area contributed by atoms with Crippen LogP contribution in [0.25, 0.3) is 0 Å². The van der Waals surface area contributed by atoms with Crippen molar-refractivity contribution in [3.8, 4) is 0 Å². The first-order valence-electron chi connectivity index (χ1n) is 10.4. The summed E-state index contributed by atoms with van der Waals surface area (Å²) in [6, 6.07) is 17.3. The number of amides is 2. The fourth-order valence-electron chi connectivity index (χ4n) is 3.36. The molecule has 3 aromatic carbocycles. The lowest BCUT2D eigenvalue weighted by Crippen LogP contribution is -2.41. The van der Waals surface area contributed by atoms with Crippen molar-refractivity contribution in [2.24, 2.45) is 0 Å². The van der Waals surface area contributed by atoms with Gasteiger partial charge in [-0.25, -0.2) is 9.18 Å². The number of ketones is 1. The molecule has 9 heteroatoms. The quantitative estimate of drug-likeness (QED) is 0.366. The van der Waals surface area contributed by atoms with E-state index in [-0.39, 0.29) is 29.4 Å². The van der Waals surface area contributed by atoms with Crippen LogP contribution in [0.2, 0.25) is 0 Å². The summed E-state index contributed by atoms with van der Waals surface area (Å²) in [5.74, 6) is -2.32. The van der Waals surface area contributed by atoms with Gasteiger partial charge >= 0.3 is 5.97 Å². The molecule has 0 fully saturated rings. The zero-order valence-electron chi connectivity index (χ0n) is 17.8. The van der Waals surface area contributed by atoms with E-state index in [0.717, 1.165) is 17.8 Å². The molecule has 1 atom stereocenters. The van der Waals surface area contributed by atoms with Gasteiger partial charge in [-0.1, -0.05) is 12.1 Å². The molecule has 1 heterocycles. The van der Waals surface area contributed by atoms with Gasteiger partial charge in [0.25, 0.3) is 0 Å². The van der Waals surface area contributed by atoms with Crippen molar-refractivity contribution in [2.45, 2.75) is 12.5 Å². The first-order valence-corrected chi connectivity index (χ1v) is 10.4. The molecule has 0 bridgehead atoms. The third-order valence-electron chi connectivity index (χ3n) is 5.13. The smallest absolute Gasteiger partial charge is 0.338 e. The second-order valence-corrected chi connectivity index (χ2v) is 7.57. The minimum absolute atomic E-state index is 0.0878. The van der Waals surface area contributed by atoms with Crippen molar-refractivity contribution in [2.75, 3.05) is 22.6 Å². The van der Waals surface area contributed by atoms with Crippen LogP contribution in [0, 0.1) is 5.82 Å². The van der Waals surface area contributed by atoms with E-state index in [1.807, 2.05) is 12.1 Å². The number of para-hydroxylation sites is 2. The van der Waals surface area contributed by atoms with Gasteiger partial charge in [0.05, 0.1) is 23.4 Å². The Balaban J connectivity index is 1.28. The highest BCUT2D eigenvalue weighted by molar-refractivity contribution is 6.06. The van der Waals surface area contributed by atoms with Gasteiger partial charge in [-0.05, 0) is 60.7 Å². The molecule has 34 heavy (non-hydrogen) atoms. The number of fused-ring (bicyclic) bond motifs is 1. The van der Waals surface area contributed by atoms with E-state index >= 15 is 0 Å². The van der Waals surface area contributed by atoms with Crippen LogP contribution in [-0.4, -0.2) is 36.2 Å². The average molecular weight is 461 g/mol. The van der Waals surface area contributed by atoms with Crippen LogP contribution < -0.4 is 16.0 Å². The van der Waals surface area contributed by atoms with Crippen molar-refractivity contribution in [1.82, 2.24) is 0 Å². The minimum atomic E-state index is -0.720. The summed E-state index contributed by atoms with van der Waals surface area (Å²) in [5, 5.41) is 8.48. The number of nitrogens with one attached hydrogen (secondary N) is 3. The Bertz CT molecular complexity index is 1240. The number of benzene rings is 3. The van der Waals surface area contributed by atoms with Crippen molar-refractivity contribution in [3.05, 3.63) is 89.7 Å². The molecule has 172 valence electrons. The molecule has 0 saturated carbocycles. The Morgan fingerprint density at radius 1 is 0.882 bits per heavy atom. The van der Waals surface area contributed by atoms with E-state index in [4.69, 9.17) is 4.74 Å². The first kappa shape index (κ1) is 22.7. The average Bonchev–Trinajstić information content (AvgIpc) is 2.83. The molecule has 8 nitrogen and oxygen atoms in total. The number of carbonyl (C=O) groups is 4. The second-order valence-electron chi connectivity index (χ2n) is 7.57. The zero-order valence-corrected chi connectivity index (χ0v) is 17.8. The van der Waals surface area contributed by atoms with Gasteiger partial charge in [0.1, 0.15) is 11.9 Å². The molecule has 0 radical (unpaired) electrons. The first-order chi connectivity index (χ1) is 16.4. The Morgan fingerprint density at radius 3 is 2.24 bits per heavy atom. The van der Waals surface area contributed by atoms with Gasteiger partial charge in [0, 0.05) is 11.3 Å². The van der Waals surface area contributed by atoms with Gasteiger partial charge in [-0.2, -0.15) is 0 Å². The van der Waals surface area contributed by atoms with E-state index in [2.05, 4.69) is 16.0 Å². The topological polar surface area (TPSA) is 114 Å². The molecule has 0 aromatic heterocycles. The van der Waals surface area contributed by atoms with Crippen LogP contribution in [0.1, 0.15) is 27.1 Å². The molecule has 1 aliphatic heterocycles.